The first-order chi connectivity index (χ1) is 11.7. The van der Waals surface area contributed by atoms with Crippen LogP contribution in [0.1, 0.15) is 10.4 Å². The molecule has 1 amide bonds. The predicted molar refractivity (Wildman–Crippen MR) is 96.1 cm³/mol. The molecule has 4 nitrogen and oxygen atoms in total. The number of rotatable bonds is 4. The van der Waals surface area contributed by atoms with Gasteiger partial charge in [0.1, 0.15) is 11.5 Å². The number of benzene rings is 1. The van der Waals surface area contributed by atoms with Crippen LogP contribution in [0.15, 0.2) is 57.5 Å². The normalized spacial score (nSPS) is 12.8. The number of halogens is 1. The highest BCUT2D eigenvalue weighted by atomic mass is 35.5. The fraction of sp³-hybridized carbons (Fsp3) is 0.111. The molecule has 0 spiro atoms. The van der Waals surface area contributed by atoms with E-state index in [4.69, 9.17) is 16.0 Å². The van der Waals surface area contributed by atoms with Crippen molar-refractivity contribution in [2.45, 2.75) is 13.0 Å². The minimum atomic E-state index is -0.157. The maximum absolute atomic E-state index is 12.3. The van der Waals surface area contributed by atoms with Gasteiger partial charge in [0.05, 0.1) is 23.5 Å². The molecular weight excluding hydrogens is 344 g/mol. The molecule has 0 saturated heterocycles. The van der Waals surface area contributed by atoms with Crippen LogP contribution in [-0.2, 0) is 17.8 Å². The largest absolute Gasteiger partial charge is 0.464 e. The van der Waals surface area contributed by atoms with E-state index < -0.39 is 0 Å². The van der Waals surface area contributed by atoms with E-state index in [1.165, 1.54) is 0 Å². The third kappa shape index (κ3) is 2.88. The Morgan fingerprint density at radius 2 is 2.25 bits per heavy atom. The molecule has 0 bridgehead atoms. The summed E-state index contributed by atoms with van der Waals surface area (Å²) < 4.78 is 5.41. The fourth-order valence-corrected chi connectivity index (χ4v) is 3.60. The van der Waals surface area contributed by atoms with Crippen molar-refractivity contribution < 1.29 is 9.21 Å². The van der Waals surface area contributed by atoms with E-state index in [1.54, 1.807) is 17.6 Å². The molecule has 0 unspecified atom stereocenters. The number of amides is 1. The lowest BCUT2D eigenvalue weighted by Crippen LogP contribution is -2.30. The molecule has 3 heterocycles. The molecule has 2 aromatic heterocycles. The lowest BCUT2D eigenvalue weighted by atomic mass is 10.0. The number of furan rings is 1. The zero-order valence-electron chi connectivity index (χ0n) is 12.6. The van der Waals surface area contributed by atoms with E-state index in [-0.39, 0.29) is 5.91 Å². The third-order valence-electron chi connectivity index (χ3n) is 3.82. The van der Waals surface area contributed by atoms with Crippen LogP contribution in [0.25, 0.3) is 11.3 Å². The van der Waals surface area contributed by atoms with Crippen LogP contribution in [0.4, 0.5) is 5.69 Å². The summed E-state index contributed by atoms with van der Waals surface area (Å²) in [5, 5.41) is 5.42. The Morgan fingerprint density at radius 1 is 1.33 bits per heavy atom. The fourth-order valence-electron chi connectivity index (χ4n) is 2.67. The lowest BCUT2D eigenvalue weighted by Gasteiger charge is -2.04. The number of thiophene rings is 1. The van der Waals surface area contributed by atoms with Gasteiger partial charge in [0.25, 0.3) is 5.91 Å². The number of hydrogen-bond donors (Lipinski definition) is 1. The van der Waals surface area contributed by atoms with Crippen LogP contribution in [0.2, 0.25) is 5.02 Å². The van der Waals surface area contributed by atoms with E-state index in [0.29, 0.717) is 29.4 Å². The van der Waals surface area contributed by atoms with Crippen molar-refractivity contribution in [2.24, 2.45) is 4.99 Å². The minimum absolute atomic E-state index is 0.157. The summed E-state index contributed by atoms with van der Waals surface area (Å²) in [5.41, 5.74) is 2.99. The van der Waals surface area contributed by atoms with Crippen LogP contribution in [0, 0.1) is 0 Å². The highest BCUT2D eigenvalue weighted by Crippen LogP contribution is 2.38. The van der Waals surface area contributed by atoms with Gasteiger partial charge in [-0.15, -0.1) is 11.3 Å². The van der Waals surface area contributed by atoms with Crippen molar-refractivity contribution in [3.8, 4) is 11.3 Å². The standard InChI is InChI=1S/C18H13ClN2O2S/c19-14-8-11(16-4-1-5-23-16)7-12-9-15(21-17(12)14)18(22)20-10-13-3-2-6-24-13/h1-8H,9-10H2,(H,20,22). The van der Waals surface area contributed by atoms with Crippen LogP contribution in [0.5, 0.6) is 0 Å². The Morgan fingerprint density at radius 3 is 3.00 bits per heavy atom. The summed E-state index contributed by atoms with van der Waals surface area (Å²) in [6.07, 6.45) is 2.09. The van der Waals surface area contributed by atoms with E-state index in [0.717, 1.165) is 21.8 Å². The van der Waals surface area contributed by atoms with Crippen LogP contribution >= 0.6 is 22.9 Å². The molecule has 1 aromatic carbocycles. The Hall–Kier alpha value is -2.37. The van der Waals surface area contributed by atoms with Gasteiger partial charge in [-0.05, 0) is 41.3 Å². The molecule has 0 atom stereocenters. The quantitative estimate of drug-likeness (QED) is 0.742. The first kappa shape index (κ1) is 15.2. The summed E-state index contributed by atoms with van der Waals surface area (Å²) in [6.45, 7) is 0.511. The van der Waals surface area contributed by atoms with E-state index in [1.807, 2.05) is 41.8 Å². The van der Waals surface area contributed by atoms with Crippen molar-refractivity contribution in [1.29, 1.82) is 0 Å². The van der Waals surface area contributed by atoms with Crippen molar-refractivity contribution in [2.75, 3.05) is 0 Å². The molecule has 120 valence electrons. The van der Waals surface area contributed by atoms with Crippen LogP contribution in [0.3, 0.4) is 0 Å². The maximum atomic E-state index is 12.3. The molecule has 0 aliphatic carbocycles. The Labute approximate surface area is 147 Å². The average molecular weight is 357 g/mol. The lowest BCUT2D eigenvalue weighted by molar-refractivity contribution is -0.115. The van der Waals surface area contributed by atoms with Gasteiger partial charge in [-0.3, -0.25) is 4.79 Å². The first-order valence-electron chi connectivity index (χ1n) is 7.45. The topological polar surface area (TPSA) is 54.6 Å². The second-order valence-electron chi connectivity index (χ2n) is 5.44. The van der Waals surface area contributed by atoms with Crippen molar-refractivity contribution in [3.63, 3.8) is 0 Å². The van der Waals surface area contributed by atoms with Gasteiger partial charge < -0.3 is 9.73 Å². The maximum Gasteiger partial charge on any atom is 0.266 e. The third-order valence-corrected chi connectivity index (χ3v) is 4.98. The molecule has 6 heteroatoms. The monoisotopic (exact) mass is 356 g/mol. The number of carbonyl (C=O) groups is 1. The highest BCUT2D eigenvalue weighted by molar-refractivity contribution is 7.09. The molecule has 0 radical (unpaired) electrons. The summed E-state index contributed by atoms with van der Waals surface area (Å²) >= 11 is 7.95. The van der Waals surface area contributed by atoms with Gasteiger partial charge in [-0.1, -0.05) is 17.7 Å². The molecule has 1 aliphatic rings. The van der Waals surface area contributed by atoms with Gasteiger partial charge in [0, 0.05) is 16.9 Å². The Balaban J connectivity index is 1.53. The molecule has 0 saturated carbocycles. The van der Waals surface area contributed by atoms with Crippen molar-refractivity contribution in [3.05, 3.63) is 63.5 Å². The SMILES string of the molecule is O=C(NCc1cccs1)C1=Nc2c(Cl)cc(-c3ccco3)cc2C1. The molecular formula is C18H13ClN2O2S. The second kappa shape index (κ2) is 6.26. The minimum Gasteiger partial charge on any atom is -0.464 e. The zero-order valence-corrected chi connectivity index (χ0v) is 14.2. The summed E-state index contributed by atoms with van der Waals surface area (Å²) in [7, 11) is 0. The molecule has 0 fully saturated rings. The Bertz CT molecular complexity index is 915. The zero-order chi connectivity index (χ0) is 16.5. The molecule has 1 N–H and O–H groups in total. The summed E-state index contributed by atoms with van der Waals surface area (Å²) in [4.78, 5) is 17.9. The van der Waals surface area contributed by atoms with E-state index in [2.05, 4.69) is 10.3 Å². The molecule has 4 rings (SSSR count). The number of hydrogen-bond acceptors (Lipinski definition) is 4. The smallest absolute Gasteiger partial charge is 0.266 e. The number of nitrogens with zero attached hydrogens (tertiary/aromatic N) is 1. The predicted octanol–water partition coefficient (Wildman–Crippen LogP) is 4.61. The summed E-state index contributed by atoms with van der Waals surface area (Å²) in [6, 6.07) is 11.4. The molecule has 1 aliphatic heterocycles. The first-order valence-corrected chi connectivity index (χ1v) is 8.71. The van der Waals surface area contributed by atoms with E-state index >= 15 is 0 Å². The van der Waals surface area contributed by atoms with E-state index in [9.17, 15) is 4.79 Å². The highest BCUT2D eigenvalue weighted by Gasteiger charge is 2.23. The van der Waals surface area contributed by atoms with Crippen LogP contribution in [-0.4, -0.2) is 11.6 Å². The number of aliphatic imine (C=N–C) groups is 1. The second-order valence-corrected chi connectivity index (χ2v) is 6.88. The Kier molecular flexibility index (Phi) is 3.96. The van der Waals surface area contributed by atoms with Crippen molar-refractivity contribution >= 4 is 40.2 Å². The van der Waals surface area contributed by atoms with Crippen LogP contribution < -0.4 is 5.32 Å². The molecule has 24 heavy (non-hydrogen) atoms. The van der Waals surface area contributed by atoms with Gasteiger partial charge in [-0.25, -0.2) is 4.99 Å². The average Bonchev–Trinajstić information content (AvgIpc) is 3.32. The van der Waals surface area contributed by atoms with Crippen molar-refractivity contribution in [1.82, 2.24) is 5.32 Å². The van der Waals surface area contributed by atoms with Gasteiger partial charge in [0.2, 0.25) is 0 Å². The van der Waals surface area contributed by atoms with Gasteiger partial charge in [0.15, 0.2) is 0 Å². The number of nitrogens with one attached hydrogen (secondary N) is 1. The summed E-state index contributed by atoms with van der Waals surface area (Å²) in [5.74, 6) is 0.588. The van der Waals surface area contributed by atoms with Gasteiger partial charge in [-0.2, -0.15) is 0 Å². The number of fused-ring (bicyclic) bond motifs is 1. The molecule has 3 aromatic rings. The van der Waals surface area contributed by atoms with Gasteiger partial charge >= 0.3 is 0 Å². The number of carbonyl (C=O) groups excluding carboxylic acids is 1.